The molecule has 0 radical (unpaired) electrons. The molecule has 3 nitrogen and oxygen atoms in total. The van der Waals surface area contributed by atoms with Gasteiger partial charge in [-0.1, -0.05) is 91.0 Å². The first-order valence-corrected chi connectivity index (χ1v) is 15.9. The van der Waals surface area contributed by atoms with Gasteiger partial charge in [-0.15, -0.1) is 11.3 Å². The summed E-state index contributed by atoms with van der Waals surface area (Å²) in [6, 6.07) is 55.7. The fourth-order valence-electron chi connectivity index (χ4n) is 6.36. The van der Waals surface area contributed by atoms with E-state index in [4.69, 9.17) is 9.40 Å². The molecular formula is C41H26N2OS. The lowest BCUT2D eigenvalue weighted by atomic mass is 10.0. The molecule has 45 heavy (non-hydrogen) atoms. The predicted molar refractivity (Wildman–Crippen MR) is 190 cm³/mol. The van der Waals surface area contributed by atoms with E-state index >= 15 is 0 Å². The first kappa shape index (κ1) is 25.8. The Morgan fingerprint density at radius 1 is 0.467 bits per heavy atom. The molecule has 212 valence electrons. The summed E-state index contributed by atoms with van der Waals surface area (Å²) in [4.78, 5) is 7.22. The third-order valence-corrected chi connectivity index (χ3v) is 9.63. The maximum Gasteiger partial charge on any atom is 0.227 e. The van der Waals surface area contributed by atoms with Crippen LogP contribution in [0.25, 0.3) is 64.6 Å². The molecule has 0 spiro atoms. The number of thiophene rings is 1. The fourth-order valence-corrected chi connectivity index (χ4v) is 7.45. The number of rotatable bonds is 5. The Hall–Kier alpha value is -5.71. The Morgan fingerprint density at radius 3 is 2.02 bits per heavy atom. The monoisotopic (exact) mass is 594 g/mol. The highest BCUT2D eigenvalue weighted by molar-refractivity contribution is 7.25. The van der Waals surface area contributed by atoms with Gasteiger partial charge in [0.2, 0.25) is 5.89 Å². The zero-order chi connectivity index (χ0) is 29.7. The molecule has 0 aliphatic carbocycles. The highest BCUT2D eigenvalue weighted by atomic mass is 32.1. The normalized spacial score (nSPS) is 11.6. The largest absolute Gasteiger partial charge is 0.435 e. The molecule has 0 amide bonds. The average molecular weight is 595 g/mol. The lowest BCUT2D eigenvalue weighted by Crippen LogP contribution is -2.10. The molecule has 7 aromatic carbocycles. The van der Waals surface area contributed by atoms with Crippen molar-refractivity contribution in [1.82, 2.24) is 4.98 Å². The highest BCUT2D eigenvalue weighted by Gasteiger charge is 2.20. The molecule has 0 aliphatic heterocycles. The zero-order valence-corrected chi connectivity index (χ0v) is 25.0. The predicted octanol–water partition coefficient (Wildman–Crippen LogP) is 12.2. The molecule has 4 heteroatoms. The first-order chi connectivity index (χ1) is 22.3. The molecule has 0 aliphatic rings. The summed E-state index contributed by atoms with van der Waals surface area (Å²) in [5.41, 5.74) is 8.24. The summed E-state index contributed by atoms with van der Waals surface area (Å²) >= 11 is 1.84. The Morgan fingerprint density at radius 2 is 1.16 bits per heavy atom. The summed E-state index contributed by atoms with van der Waals surface area (Å²) in [5, 5.41) is 4.68. The van der Waals surface area contributed by atoms with Gasteiger partial charge in [-0.05, 0) is 77.9 Å². The van der Waals surface area contributed by atoms with Crippen LogP contribution < -0.4 is 4.90 Å². The van der Waals surface area contributed by atoms with Gasteiger partial charge in [-0.25, -0.2) is 4.98 Å². The number of hydrogen-bond donors (Lipinski definition) is 0. The van der Waals surface area contributed by atoms with Crippen LogP contribution in [0.5, 0.6) is 0 Å². The molecular weight excluding hydrogens is 569 g/mol. The van der Waals surface area contributed by atoms with Gasteiger partial charge in [-0.3, -0.25) is 0 Å². The van der Waals surface area contributed by atoms with Gasteiger partial charge in [-0.2, -0.15) is 0 Å². The molecule has 2 heterocycles. The summed E-state index contributed by atoms with van der Waals surface area (Å²) in [6.07, 6.45) is 0. The quantitative estimate of drug-likeness (QED) is 0.198. The number of nitrogens with zero attached hydrogens (tertiary/aromatic N) is 2. The van der Waals surface area contributed by atoms with Crippen molar-refractivity contribution in [1.29, 1.82) is 0 Å². The molecule has 2 aromatic heterocycles. The van der Waals surface area contributed by atoms with Crippen LogP contribution in [0.3, 0.4) is 0 Å². The van der Waals surface area contributed by atoms with Crippen LogP contribution in [0.15, 0.2) is 162 Å². The number of hydrogen-bond acceptors (Lipinski definition) is 4. The molecule has 0 saturated carbocycles. The molecule has 0 saturated heterocycles. The van der Waals surface area contributed by atoms with Crippen LogP contribution >= 0.6 is 11.3 Å². The van der Waals surface area contributed by atoms with E-state index in [1.807, 2.05) is 41.7 Å². The van der Waals surface area contributed by atoms with Crippen molar-refractivity contribution in [2.45, 2.75) is 0 Å². The molecule has 0 atom stereocenters. The molecule has 0 fully saturated rings. The number of fused-ring (bicyclic) bond motifs is 6. The Labute approximate surface area is 264 Å². The van der Waals surface area contributed by atoms with E-state index in [2.05, 4.69) is 132 Å². The van der Waals surface area contributed by atoms with Crippen molar-refractivity contribution in [3.05, 3.63) is 158 Å². The topological polar surface area (TPSA) is 29.3 Å². The Bertz CT molecular complexity index is 2500. The van der Waals surface area contributed by atoms with Crippen LogP contribution in [0.1, 0.15) is 0 Å². The van der Waals surface area contributed by atoms with Crippen LogP contribution in [0.2, 0.25) is 0 Å². The standard InChI is InChI=1S/C41H26N2OS/c1-3-11-27(12-4-1)29-15-9-16-30(25-29)43(31-21-24-39-35(26-31)33-17-7-8-20-38(33)45-39)37-19-10-18-34-32(37)22-23-36-40(34)44-41(42-36)28-13-5-2-6-14-28/h1-26H. The molecule has 9 rings (SSSR count). The van der Waals surface area contributed by atoms with Gasteiger partial charge in [0.25, 0.3) is 0 Å². The molecule has 0 N–H and O–H groups in total. The second-order valence-corrected chi connectivity index (χ2v) is 12.3. The van der Waals surface area contributed by atoms with Crippen molar-refractivity contribution >= 4 is 70.4 Å². The van der Waals surface area contributed by atoms with Crippen molar-refractivity contribution in [3.8, 4) is 22.6 Å². The summed E-state index contributed by atoms with van der Waals surface area (Å²) in [7, 11) is 0. The first-order valence-electron chi connectivity index (χ1n) is 15.0. The van der Waals surface area contributed by atoms with E-state index < -0.39 is 0 Å². The minimum atomic E-state index is 0.630. The van der Waals surface area contributed by atoms with E-state index in [9.17, 15) is 0 Å². The van der Waals surface area contributed by atoms with Crippen molar-refractivity contribution in [2.24, 2.45) is 0 Å². The Balaban J connectivity index is 1.28. The summed E-state index contributed by atoms with van der Waals surface area (Å²) in [5.74, 6) is 0.630. The van der Waals surface area contributed by atoms with E-state index in [1.54, 1.807) is 0 Å². The van der Waals surface area contributed by atoms with Crippen LogP contribution in [0.4, 0.5) is 17.1 Å². The molecule has 0 unspecified atom stereocenters. The summed E-state index contributed by atoms with van der Waals surface area (Å²) < 4.78 is 9.04. The number of benzene rings is 7. The van der Waals surface area contributed by atoms with Crippen molar-refractivity contribution in [2.75, 3.05) is 4.90 Å². The lowest BCUT2D eigenvalue weighted by Gasteiger charge is -2.27. The van der Waals surface area contributed by atoms with Gasteiger partial charge in [0, 0.05) is 47.9 Å². The van der Waals surface area contributed by atoms with Crippen molar-refractivity contribution in [3.63, 3.8) is 0 Å². The molecule has 9 aromatic rings. The number of aromatic nitrogens is 1. The third-order valence-electron chi connectivity index (χ3n) is 8.48. The summed E-state index contributed by atoms with van der Waals surface area (Å²) in [6.45, 7) is 0. The lowest BCUT2D eigenvalue weighted by molar-refractivity contribution is 0.623. The van der Waals surface area contributed by atoms with E-state index in [0.29, 0.717) is 5.89 Å². The maximum absolute atomic E-state index is 6.46. The van der Waals surface area contributed by atoms with Gasteiger partial charge >= 0.3 is 0 Å². The van der Waals surface area contributed by atoms with Gasteiger partial charge < -0.3 is 9.32 Å². The van der Waals surface area contributed by atoms with Crippen LogP contribution in [-0.2, 0) is 0 Å². The van der Waals surface area contributed by atoms with Gasteiger partial charge in [0.05, 0.1) is 5.69 Å². The second kappa shape index (κ2) is 10.5. The van der Waals surface area contributed by atoms with Gasteiger partial charge in [0.15, 0.2) is 5.58 Å². The van der Waals surface area contributed by atoms with E-state index in [1.165, 1.54) is 31.3 Å². The van der Waals surface area contributed by atoms with E-state index in [-0.39, 0.29) is 0 Å². The minimum absolute atomic E-state index is 0.630. The van der Waals surface area contributed by atoms with Crippen LogP contribution in [0, 0.1) is 0 Å². The number of anilines is 3. The second-order valence-electron chi connectivity index (χ2n) is 11.2. The third kappa shape index (κ3) is 4.38. The molecule has 0 bridgehead atoms. The Kier molecular flexibility index (Phi) is 6.00. The fraction of sp³-hybridized carbons (Fsp3) is 0. The zero-order valence-electron chi connectivity index (χ0n) is 24.2. The van der Waals surface area contributed by atoms with E-state index in [0.717, 1.165) is 44.5 Å². The highest BCUT2D eigenvalue weighted by Crippen LogP contribution is 2.44. The van der Waals surface area contributed by atoms with Crippen molar-refractivity contribution < 1.29 is 4.42 Å². The minimum Gasteiger partial charge on any atom is -0.435 e. The maximum atomic E-state index is 6.46. The number of oxazole rings is 1. The van der Waals surface area contributed by atoms with Crippen LogP contribution in [-0.4, -0.2) is 4.98 Å². The smallest absolute Gasteiger partial charge is 0.227 e. The van der Waals surface area contributed by atoms with Gasteiger partial charge in [0.1, 0.15) is 5.52 Å². The SMILES string of the molecule is c1ccc(-c2cccc(N(c3ccc4sc5ccccc5c4c3)c3cccc4c3ccc3nc(-c5ccccc5)oc34)c2)cc1. The average Bonchev–Trinajstić information content (AvgIpc) is 3.72.